The number of hydroxylamine groups is 2. The third kappa shape index (κ3) is 6.93. The monoisotopic (exact) mass is 156 g/mol. The fourth-order valence-electron chi connectivity index (χ4n) is 0.436. The van der Waals surface area contributed by atoms with Crippen molar-refractivity contribution in [3.63, 3.8) is 0 Å². The van der Waals surface area contributed by atoms with E-state index in [1.165, 1.54) is 5.06 Å². The van der Waals surface area contributed by atoms with Gasteiger partial charge in [-0.3, -0.25) is 0 Å². The largest absolute Gasteiger partial charge is 0.389 e. The molecule has 0 spiro atoms. The summed E-state index contributed by atoms with van der Waals surface area (Å²) in [5.41, 5.74) is 0. The molecule has 0 N–H and O–H groups in total. The summed E-state index contributed by atoms with van der Waals surface area (Å²) in [6.07, 6.45) is 5.17. The summed E-state index contributed by atoms with van der Waals surface area (Å²) in [6, 6.07) is 0. The molecule has 64 valence electrons. The lowest BCUT2D eigenvalue weighted by Gasteiger charge is -2.10. The summed E-state index contributed by atoms with van der Waals surface area (Å²) in [4.78, 5) is 7.10. The molecule has 0 saturated carbocycles. The van der Waals surface area contributed by atoms with E-state index in [-0.39, 0.29) is 0 Å². The molecule has 0 saturated heterocycles. The summed E-state index contributed by atoms with van der Waals surface area (Å²) in [7, 11) is 5.79. The third-order valence-corrected chi connectivity index (χ3v) is 1.05. The van der Waals surface area contributed by atoms with Gasteiger partial charge in [0.15, 0.2) is 0 Å². The first kappa shape index (κ1) is 10.0. The van der Waals surface area contributed by atoms with E-state index in [4.69, 9.17) is 4.84 Å². The zero-order valence-electron chi connectivity index (χ0n) is 7.45. The van der Waals surface area contributed by atoms with Crippen molar-refractivity contribution in [2.75, 3.05) is 27.7 Å². The first-order chi connectivity index (χ1) is 5.16. The van der Waals surface area contributed by atoms with E-state index in [9.17, 15) is 0 Å². The number of rotatable bonds is 5. The minimum Gasteiger partial charge on any atom is -0.389 e. The molecule has 0 unspecified atom stereocenters. The zero-order chi connectivity index (χ0) is 8.69. The topological polar surface area (TPSA) is 15.7 Å². The average Bonchev–Trinajstić information content (AvgIpc) is 1.97. The molecule has 0 aromatic heterocycles. The molecule has 0 aliphatic heterocycles. The van der Waals surface area contributed by atoms with Gasteiger partial charge < -0.3 is 9.74 Å². The molecule has 0 atom stereocenters. The SMILES string of the molecule is C=CN(C)O/C=C\CN(C)C. The van der Waals surface area contributed by atoms with Gasteiger partial charge in [0, 0.05) is 19.8 Å². The molecular weight excluding hydrogens is 140 g/mol. The Labute approximate surface area is 68.5 Å². The van der Waals surface area contributed by atoms with Crippen molar-refractivity contribution in [1.29, 1.82) is 0 Å². The Morgan fingerprint density at radius 1 is 1.36 bits per heavy atom. The lowest BCUT2D eigenvalue weighted by Crippen LogP contribution is -2.11. The van der Waals surface area contributed by atoms with Gasteiger partial charge in [0.05, 0.1) is 0 Å². The van der Waals surface area contributed by atoms with Crippen LogP contribution in [-0.2, 0) is 4.84 Å². The first-order valence-corrected chi connectivity index (χ1v) is 3.48. The zero-order valence-corrected chi connectivity index (χ0v) is 7.45. The summed E-state index contributed by atoms with van der Waals surface area (Å²) < 4.78 is 0. The molecule has 0 aromatic rings. The number of nitrogens with zero attached hydrogens (tertiary/aromatic N) is 2. The Balaban J connectivity index is 3.36. The molecule has 0 amide bonds. The maximum atomic E-state index is 5.05. The second kappa shape index (κ2) is 5.80. The van der Waals surface area contributed by atoms with E-state index in [1.807, 2.05) is 25.1 Å². The Hall–Kier alpha value is -0.960. The molecule has 0 fully saturated rings. The summed E-state index contributed by atoms with van der Waals surface area (Å²) >= 11 is 0. The minimum absolute atomic E-state index is 0.880. The van der Waals surface area contributed by atoms with E-state index >= 15 is 0 Å². The molecule has 0 aliphatic carbocycles. The third-order valence-electron chi connectivity index (χ3n) is 1.05. The second-order valence-electron chi connectivity index (χ2n) is 2.47. The summed E-state index contributed by atoms with van der Waals surface area (Å²) in [5, 5.41) is 1.53. The van der Waals surface area contributed by atoms with Gasteiger partial charge in [-0.25, -0.2) is 5.06 Å². The predicted octanol–water partition coefficient (Wildman–Crippen LogP) is 1.07. The van der Waals surface area contributed by atoms with Crippen LogP contribution in [0.3, 0.4) is 0 Å². The average molecular weight is 156 g/mol. The van der Waals surface area contributed by atoms with Crippen LogP contribution in [0.4, 0.5) is 0 Å². The fourth-order valence-corrected chi connectivity index (χ4v) is 0.436. The number of hydrogen-bond donors (Lipinski definition) is 0. The Kier molecular flexibility index (Phi) is 5.29. The van der Waals surface area contributed by atoms with Crippen LogP contribution in [0.15, 0.2) is 25.1 Å². The van der Waals surface area contributed by atoms with Gasteiger partial charge in [-0.1, -0.05) is 6.58 Å². The van der Waals surface area contributed by atoms with E-state index < -0.39 is 0 Å². The normalized spacial score (nSPS) is 10.5. The minimum atomic E-state index is 0.880. The van der Waals surface area contributed by atoms with E-state index in [1.54, 1.807) is 19.5 Å². The smallest absolute Gasteiger partial charge is 0.116 e. The number of likely N-dealkylation sites (N-methyl/N-ethyl adjacent to an activating group) is 1. The Bertz CT molecular complexity index is 132. The molecule has 0 aliphatic rings. The van der Waals surface area contributed by atoms with Crippen LogP contribution in [0.2, 0.25) is 0 Å². The highest BCUT2D eigenvalue weighted by molar-refractivity contribution is 4.76. The van der Waals surface area contributed by atoms with Crippen molar-refractivity contribution in [2.45, 2.75) is 0 Å². The Morgan fingerprint density at radius 2 is 2.00 bits per heavy atom. The van der Waals surface area contributed by atoms with Crippen LogP contribution in [0.5, 0.6) is 0 Å². The van der Waals surface area contributed by atoms with Crippen LogP contribution in [0, 0.1) is 0 Å². The van der Waals surface area contributed by atoms with Gasteiger partial charge in [0.2, 0.25) is 0 Å². The quantitative estimate of drug-likeness (QED) is 0.437. The standard InChI is InChI=1S/C8H16N2O/c1-5-10(4)11-8-6-7-9(2)3/h5-6,8H,1,7H2,2-4H3/b8-6-. The summed E-state index contributed by atoms with van der Waals surface area (Å²) in [5.74, 6) is 0. The molecule has 0 aromatic carbocycles. The number of hydrogen-bond acceptors (Lipinski definition) is 3. The molecule has 0 bridgehead atoms. The lowest BCUT2D eigenvalue weighted by molar-refractivity contribution is -0.0311. The maximum Gasteiger partial charge on any atom is 0.116 e. The highest BCUT2D eigenvalue weighted by atomic mass is 16.7. The van der Waals surface area contributed by atoms with Crippen molar-refractivity contribution in [3.8, 4) is 0 Å². The van der Waals surface area contributed by atoms with E-state index in [2.05, 4.69) is 6.58 Å². The molecule has 11 heavy (non-hydrogen) atoms. The molecule has 3 heteroatoms. The predicted molar refractivity (Wildman–Crippen MR) is 46.7 cm³/mol. The highest BCUT2D eigenvalue weighted by Crippen LogP contribution is 1.86. The van der Waals surface area contributed by atoms with Crippen LogP contribution in [0.25, 0.3) is 0 Å². The van der Waals surface area contributed by atoms with Gasteiger partial charge in [-0.05, 0) is 20.2 Å². The molecule has 0 rings (SSSR count). The van der Waals surface area contributed by atoms with Crippen LogP contribution < -0.4 is 0 Å². The van der Waals surface area contributed by atoms with Gasteiger partial charge in [-0.15, -0.1) is 0 Å². The fraction of sp³-hybridized carbons (Fsp3) is 0.500. The van der Waals surface area contributed by atoms with Crippen molar-refractivity contribution in [3.05, 3.63) is 25.1 Å². The van der Waals surface area contributed by atoms with Crippen molar-refractivity contribution < 1.29 is 4.84 Å². The van der Waals surface area contributed by atoms with Gasteiger partial charge in [0.1, 0.15) is 6.26 Å². The van der Waals surface area contributed by atoms with Crippen molar-refractivity contribution >= 4 is 0 Å². The first-order valence-electron chi connectivity index (χ1n) is 3.48. The molecule has 0 radical (unpaired) electrons. The van der Waals surface area contributed by atoms with Crippen LogP contribution in [0.1, 0.15) is 0 Å². The van der Waals surface area contributed by atoms with Crippen molar-refractivity contribution in [1.82, 2.24) is 9.96 Å². The van der Waals surface area contributed by atoms with Crippen LogP contribution >= 0.6 is 0 Å². The van der Waals surface area contributed by atoms with Gasteiger partial charge in [-0.2, -0.15) is 0 Å². The molecule has 3 nitrogen and oxygen atoms in total. The second-order valence-corrected chi connectivity index (χ2v) is 2.47. The van der Waals surface area contributed by atoms with E-state index in [0.717, 1.165) is 6.54 Å². The summed E-state index contributed by atoms with van der Waals surface area (Å²) in [6.45, 7) is 4.41. The molecular formula is C8H16N2O. The Morgan fingerprint density at radius 3 is 2.45 bits per heavy atom. The van der Waals surface area contributed by atoms with Gasteiger partial charge >= 0.3 is 0 Å². The van der Waals surface area contributed by atoms with Crippen molar-refractivity contribution in [2.24, 2.45) is 0 Å². The maximum absolute atomic E-state index is 5.05. The molecule has 0 heterocycles. The van der Waals surface area contributed by atoms with Gasteiger partial charge in [0.25, 0.3) is 0 Å². The highest BCUT2D eigenvalue weighted by Gasteiger charge is 1.83. The lowest BCUT2D eigenvalue weighted by atomic mass is 10.6. The van der Waals surface area contributed by atoms with Crippen LogP contribution in [-0.4, -0.2) is 37.7 Å². The van der Waals surface area contributed by atoms with E-state index in [0.29, 0.717) is 0 Å².